The highest BCUT2D eigenvalue weighted by molar-refractivity contribution is 5.74. The van der Waals surface area contributed by atoms with Gasteiger partial charge in [0.1, 0.15) is 5.75 Å². The second kappa shape index (κ2) is 5.91. The Morgan fingerprint density at radius 1 is 1.18 bits per heavy atom. The van der Waals surface area contributed by atoms with Crippen molar-refractivity contribution < 1.29 is 4.74 Å². The van der Waals surface area contributed by atoms with Crippen molar-refractivity contribution in [3.63, 3.8) is 0 Å². The Morgan fingerprint density at radius 2 is 1.95 bits per heavy atom. The molecule has 0 radical (unpaired) electrons. The van der Waals surface area contributed by atoms with E-state index in [-0.39, 0.29) is 0 Å². The third kappa shape index (κ3) is 2.76. The molecule has 1 aliphatic rings. The minimum atomic E-state index is 0.459. The fraction of sp³-hybridized carbons (Fsp3) is 0.368. The first-order chi connectivity index (χ1) is 10.6. The predicted molar refractivity (Wildman–Crippen MR) is 93.0 cm³/mol. The van der Waals surface area contributed by atoms with Gasteiger partial charge in [-0.3, -0.25) is 0 Å². The standard InChI is InChI=1S/C19H24N2O/c1-13-8-18-19(9-14(13)2)21(15(3)11-20-18)12-16-6-5-7-17(10-16)22-4/h5-10,15,20H,11-12H2,1-4H3. The van der Waals surface area contributed by atoms with E-state index in [2.05, 4.69) is 61.3 Å². The van der Waals surface area contributed by atoms with Crippen LogP contribution in [0.4, 0.5) is 11.4 Å². The summed E-state index contributed by atoms with van der Waals surface area (Å²) < 4.78 is 5.34. The normalized spacial score (nSPS) is 16.9. The van der Waals surface area contributed by atoms with Crippen LogP contribution in [0.1, 0.15) is 23.6 Å². The van der Waals surface area contributed by atoms with Crippen molar-refractivity contribution in [2.24, 2.45) is 0 Å². The van der Waals surface area contributed by atoms with Gasteiger partial charge in [0.15, 0.2) is 0 Å². The lowest BCUT2D eigenvalue weighted by Crippen LogP contribution is -2.41. The molecular weight excluding hydrogens is 272 g/mol. The van der Waals surface area contributed by atoms with E-state index in [1.54, 1.807) is 7.11 Å². The number of fused-ring (bicyclic) bond motifs is 1. The summed E-state index contributed by atoms with van der Waals surface area (Å²) in [6.45, 7) is 8.49. The van der Waals surface area contributed by atoms with Crippen LogP contribution in [-0.4, -0.2) is 19.7 Å². The predicted octanol–water partition coefficient (Wildman–Crippen LogP) is 4.13. The molecule has 3 rings (SSSR count). The average Bonchev–Trinajstić information content (AvgIpc) is 2.52. The monoisotopic (exact) mass is 296 g/mol. The van der Waals surface area contributed by atoms with Crippen LogP contribution in [0.15, 0.2) is 36.4 Å². The molecule has 2 aromatic carbocycles. The number of anilines is 2. The van der Waals surface area contributed by atoms with E-state index in [1.807, 2.05) is 6.07 Å². The minimum Gasteiger partial charge on any atom is -0.497 e. The lowest BCUT2D eigenvalue weighted by molar-refractivity contribution is 0.414. The van der Waals surface area contributed by atoms with E-state index < -0.39 is 0 Å². The number of nitrogens with zero attached hydrogens (tertiary/aromatic N) is 1. The smallest absolute Gasteiger partial charge is 0.119 e. The number of hydrogen-bond acceptors (Lipinski definition) is 3. The fourth-order valence-electron chi connectivity index (χ4n) is 2.99. The van der Waals surface area contributed by atoms with Gasteiger partial charge in [0.2, 0.25) is 0 Å². The zero-order chi connectivity index (χ0) is 15.7. The maximum atomic E-state index is 5.34. The number of ether oxygens (including phenoxy) is 1. The molecule has 0 spiro atoms. The number of aryl methyl sites for hydroxylation is 2. The Hall–Kier alpha value is -2.16. The Bertz CT molecular complexity index is 681. The van der Waals surface area contributed by atoms with E-state index in [0.29, 0.717) is 6.04 Å². The molecule has 0 saturated carbocycles. The van der Waals surface area contributed by atoms with Crippen molar-refractivity contribution in [1.82, 2.24) is 0 Å². The first-order valence-corrected chi connectivity index (χ1v) is 7.83. The molecule has 22 heavy (non-hydrogen) atoms. The molecule has 1 heterocycles. The molecule has 116 valence electrons. The zero-order valence-corrected chi connectivity index (χ0v) is 13.8. The maximum absolute atomic E-state index is 5.34. The first-order valence-electron chi connectivity index (χ1n) is 7.83. The van der Waals surface area contributed by atoms with Gasteiger partial charge in [0, 0.05) is 19.1 Å². The summed E-state index contributed by atoms with van der Waals surface area (Å²) in [5, 5.41) is 3.55. The van der Waals surface area contributed by atoms with Crippen LogP contribution in [0.25, 0.3) is 0 Å². The van der Waals surface area contributed by atoms with Crippen LogP contribution in [0.2, 0.25) is 0 Å². The van der Waals surface area contributed by atoms with E-state index in [1.165, 1.54) is 28.1 Å². The summed E-state index contributed by atoms with van der Waals surface area (Å²) in [4.78, 5) is 2.48. The van der Waals surface area contributed by atoms with Crippen LogP contribution in [0, 0.1) is 13.8 Å². The van der Waals surface area contributed by atoms with E-state index in [4.69, 9.17) is 4.74 Å². The molecule has 0 aromatic heterocycles. The van der Waals surface area contributed by atoms with Crippen LogP contribution >= 0.6 is 0 Å². The molecule has 1 N–H and O–H groups in total. The van der Waals surface area contributed by atoms with Crippen LogP contribution in [0.3, 0.4) is 0 Å². The lowest BCUT2D eigenvalue weighted by atomic mass is 10.0. The SMILES string of the molecule is COc1cccc(CN2c3cc(C)c(C)cc3NCC2C)c1. The lowest BCUT2D eigenvalue weighted by Gasteiger charge is -2.38. The molecule has 0 fully saturated rings. The maximum Gasteiger partial charge on any atom is 0.119 e. The minimum absolute atomic E-state index is 0.459. The summed E-state index contributed by atoms with van der Waals surface area (Å²) in [6.07, 6.45) is 0. The van der Waals surface area contributed by atoms with Gasteiger partial charge in [0.25, 0.3) is 0 Å². The number of rotatable bonds is 3. The molecule has 2 aromatic rings. The highest BCUT2D eigenvalue weighted by Gasteiger charge is 2.23. The summed E-state index contributed by atoms with van der Waals surface area (Å²) in [5.41, 5.74) is 6.48. The van der Waals surface area contributed by atoms with Crippen molar-refractivity contribution in [1.29, 1.82) is 0 Å². The van der Waals surface area contributed by atoms with Crippen LogP contribution < -0.4 is 15.0 Å². The Labute approximate surface area is 132 Å². The number of benzene rings is 2. The zero-order valence-electron chi connectivity index (χ0n) is 13.8. The van der Waals surface area contributed by atoms with Crippen molar-refractivity contribution in [3.8, 4) is 5.75 Å². The second-order valence-electron chi connectivity index (χ2n) is 6.16. The second-order valence-corrected chi connectivity index (χ2v) is 6.16. The molecule has 1 unspecified atom stereocenters. The van der Waals surface area contributed by atoms with Crippen LogP contribution in [-0.2, 0) is 6.54 Å². The van der Waals surface area contributed by atoms with Gasteiger partial charge < -0.3 is 15.0 Å². The topological polar surface area (TPSA) is 24.5 Å². The van der Waals surface area contributed by atoms with Gasteiger partial charge in [-0.2, -0.15) is 0 Å². The Balaban J connectivity index is 1.95. The van der Waals surface area contributed by atoms with E-state index >= 15 is 0 Å². The summed E-state index contributed by atoms with van der Waals surface area (Å²) in [7, 11) is 1.72. The molecule has 0 saturated heterocycles. The number of nitrogens with one attached hydrogen (secondary N) is 1. The molecule has 1 aliphatic heterocycles. The van der Waals surface area contributed by atoms with Crippen molar-refractivity contribution >= 4 is 11.4 Å². The van der Waals surface area contributed by atoms with Crippen LogP contribution in [0.5, 0.6) is 5.75 Å². The van der Waals surface area contributed by atoms with Gasteiger partial charge in [-0.1, -0.05) is 12.1 Å². The molecule has 3 nitrogen and oxygen atoms in total. The molecule has 1 atom stereocenters. The van der Waals surface area contributed by atoms with Gasteiger partial charge in [-0.15, -0.1) is 0 Å². The molecule has 0 bridgehead atoms. The average molecular weight is 296 g/mol. The van der Waals surface area contributed by atoms with Gasteiger partial charge in [0.05, 0.1) is 18.5 Å². The first kappa shape index (κ1) is 14.8. The van der Waals surface area contributed by atoms with E-state index in [9.17, 15) is 0 Å². The third-order valence-corrected chi connectivity index (χ3v) is 4.53. The Morgan fingerprint density at radius 3 is 2.73 bits per heavy atom. The van der Waals surface area contributed by atoms with Gasteiger partial charge in [-0.25, -0.2) is 0 Å². The Kier molecular flexibility index (Phi) is 3.97. The highest BCUT2D eigenvalue weighted by Crippen LogP contribution is 2.35. The number of methoxy groups -OCH3 is 1. The van der Waals surface area contributed by atoms with Gasteiger partial charge in [-0.05, 0) is 61.7 Å². The van der Waals surface area contributed by atoms with E-state index in [0.717, 1.165) is 18.8 Å². The highest BCUT2D eigenvalue weighted by atomic mass is 16.5. The third-order valence-electron chi connectivity index (χ3n) is 4.53. The summed E-state index contributed by atoms with van der Waals surface area (Å²) in [5.74, 6) is 0.917. The summed E-state index contributed by atoms with van der Waals surface area (Å²) >= 11 is 0. The molecular formula is C19H24N2O. The van der Waals surface area contributed by atoms with Crippen molar-refractivity contribution in [3.05, 3.63) is 53.1 Å². The fourth-order valence-corrected chi connectivity index (χ4v) is 2.99. The molecule has 0 aliphatic carbocycles. The molecule has 0 amide bonds. The largest absolute Gasteiger partial charge is 0.497 e. The van der Waals surface area contributed by atoms with Crippen molar-refractivity contribution in [2.75, 3.05) is 23.9 Å². The quantitative estimate of drug-likeness (QED) is 0.921. The molecule has 3 heteroatoms. The number of hydrogen-bond donors (Lipinski definition) is 1. The summed E-state index contributed by atoms with van der Waals surface area (Å²) in [6, 6.07) is 13.4. The van der Waals surface area contributed by atoms with Crippen molar-refractivity contribution in [2.45, 2.75) is 33.4 Å². The van der Waals surface area contributed by atoms with Gasteiger partial charge >= 0.3 is 0 Å².